The van der Waals surface area contributed by atoms with Gasteiger partial charge in [0.1, 0.15) is 11.9 Å². The molecule has 1 N–H and O–H groups in total. The van der Waals surface area contributed by atoms with Crippen LogP contribution in [-0.4, -0.2) is 21.9 Å². The molecule has 2 heterocycles. The Morgan fingerprint density at radius 3 is 2.54 bits per heavy atom. The van der Waals surface area contributed by atoms with Gasteiger partial charge >= 0.3 is 0 Å². The molecule has 3 aromatic rings. The lowest BCUT2D eigenvalue weighted by Crippen LogP contribution is -2.34. The van der Waals surface area contributed by atoms with Gasteiger partial charge in [0.25, 0.3) is 5.56 Å². The van der Waals surface area contributed by atoms with Crippen molar-refractivity contribution in [2.75, 3.05) is 12.4 Å². The van der Waals surface area contributed by atoms with E-state index in [2.05, 4.69) is 29.2 Å². The number of aromatic nitrogens is 3. The van der Waals surface area contributed by atoms with Gasteiger partial charge in [-0.15, -0.1) is 0 Å². The summed E-state index contributed by atoms with van der Waals surface area (Å²) in [7, 11) is 1.61. The smallest absolute Gasteiger partial charge is 0.300 e. The summed E-state index contributed by atoms with van der Waals surface area (Å²) in [5, 5.41) is 8.19. The highest BCUT2D eigenvalue weighted by molar-refractivity contribution is 5.76. The molecule has 1 aliphatic heterocycles. The Bertz CT molecular complexity index is 1010. The van der Waals surface area contributed by atoms with Gasteiger partial charge in [-0.2, -0.15) is 10.1 Å². The maximum atomic E-state index is 12.7. The second kappa shape index (κ2) is 6.29. The van der Waals surface area contributed by atoms with Gasteiger partial charge in [-0.1, -0.05) is 26.0 Å². The molecule has 0 radical (unpaired) electrons. The van der Waals surface area contributed by atoms with Crippen molar-refractivity contribution in [2.24, 2.45) is 5.92 Å². The average Bonchev–Trinajstić information content (AvgIpc) is 2.67. The van der Waals surface area contributed by atoms with Crippen molar-refractivity contribution >= 4 is 5.69 Å². The number of para-hydroxylation sites is 1. The Labute approximate surface area is 151 Å². The summed E-state index contributed by atoms with van der Waals surface area (Å²) >= 11 is 0. The molecule has 6 heteroatoms. The van der Waals surface area contributed by atoms with Crippen molar-refractivity contribution in [3.8, 4) is 28.4 Å². The van der Waals surface area contributed by atoms with Crippen LogP contribution in [0.2, 0.25) is 0 Å². The van der Waals surface area contributed by atoms with Crippen molar-refractivity contribution in [1.29, 1.82) is 0 Å². The Hall–Kier alpha value is -3.15. The molecule has 26 heavy (non-hydrogen) atoms. The standard InChI is InChI=1S/C20H20N4O2/c1-12(2)18-21-16-7-5-4-6-15(16)19-22-20(25)17(23-24(18)19)13-8-10-14(26-3)11-9-13/h4-12,18,21H,1-3H3/t18-/m1/s1. The molecule has 1 aliphatic rings. The van der Waals surface area contributed by atoms with E-state index in [1.165, 1.54) is 0 Å². The molecular formula is C20H20N4O2. The van der Waals surface area contributed by atoms with E-state index < -0.39 is 0 Å². The normalized spacial score (nSPS) is 15.2. The molecule has 132 valence electrons. The van der Waals surface area contributed by atoms with Crippen LogP contribution in [0.5, 0.6) is 5.75 Å². The first kappa shape index (κ1) is 16.3. The fraction of sp³-hybridized carbons (Fsp3) is 0.250. The number of hydrogen-bond acceptors (Lipinski definition) is 5. The molecule has 0 unspecified atom stereocenters. The highest BCUT2D eigenvalue weighted by Gasteiger charge is 2.28. The summed E-state index contributed by atoms with van der Waals surface area (Å²) in [6.07, 6.45) is -0.0787. The number of nitrogens with one attached hydrogen (secondary N) is 1. The summed E-state index contributed by atoms with van der Waals surface area (Å²) in [5.74, 6) is 1.60. The van der Waals surface area contributed by atoms with E-state index in [1.807, 2.05) is 53.2 Å². The Morgan fingerprint density at radius 1 is 1.12 bits per heavy atom. The minimum Gasteiger partial charge on any atom is -0.497 e. The minimum atomic E-state index is -0.333. The van der Waals surface area contributed by atoms with Crippen LogP contribution in [0.4, 0.5) is 5.69 Å². The van der Waals surface area contributed by atoms with Gasteiger partial charge in [-0.25, -0.2) is 4.68 Å². The molecule has 0 fully saturated rings. The van der Waals surface area contributed by atoms with E-state index in [-0.39, 0.29) is 17.6 Å². The number of rotatable bonds is 3. The van der Waals surface area contributed by atoms with Crippen molar-refractivity contribution in [1.82, 2.24) is 14.8 Å². The van der Waals surface area contributed by atoms with Crippen molar-refractivity contribution < 1.29 is 4.74 Å². The Kier molecular flexibility index (Phi) is 3.95. The first-order chi connectivity index (χ1) is 12.6. The average molecular weight is 348 g/mol. The third-order valence-electron chi connectivity index (χ3n) is 4.56. The van der Waals surface area contributed by atoms with Crippen LogP contribution in [-0.2, 0) is 0 Å². The number of hydrogen-bond donors (Lipinski definition) is 1. The number of fused-ring (bicyclic) bond motifs is 3. The lowest BCUT2D eigenvalue weighted by molar-refractivity contribution is 0.376. The number of ether oxygens (including phenoxy) is 1. The van der Waals surface area contributed by atoms with Crippen LogP contribution in [0.3, 0.4) is 0 Å². The third-order valence-corrected chi connectivity index (χ3v) is 4.56. The highest BCUT2D eigenvalue weighted by Crippen LogP contribution is 2.36. The van der Waals surface area contributed by atoms with Gasteiger partial charge in [0.15, 0.2) is 11.5 Å². The first-order valence-corrected chi connectivity index (χ1v) is 8.59. The molecule has 2 aromatic carbocycles. The summed E-state index contributed by atoms with van der Waals surface area (Å²) in [5.41, 5.74) is 2.58. The zero-order valence-corrected chi connectivity index (χ0v) is 14.9. The maximum Gasteiger partial charge on any atom is 0.300 e. The fourth-order valence-electron chi connectivity index (χ4n) is 3.18. The lowest BCUT2D eigenvalue weighted by atomic mass is 10.0. The quantitative estimate of drug-likeness (QED) is 0.784. The zero-order chi connectivity index (χ0) is 18.3. The molecule has 6 nitrogen and oxygen atoms in total. The third kappa shape index (κ3) is 2.63. The molecule has 1 aromatic heterocycles. The van der Waals surface area contributed by atoms with E-state index >= 15 is 0 Å². The zero-order valence-electron chi connectivity index (χ0n) is 14.9. The van der Waals surface area contributed by atoms with Gasteiger partial charge in [0, 0.05) is 16.8 Å². The summed E-state index contributed by atoms with van der Waals surface area (Å²) < 4.78 is 7.01. The van der Waals surface area contributed by atoms with Gasteiger partial charge < -0.3 is 10.1 Å². The van der Waals surface area contributed by atoms with E-state index in [0.29, 0.717) is 11.5 Å². The van der Waals surface area contributed by atoms with Crippen molar-refractivity contribution in [3.05, 3.63) is 58.9 Å². The van der Waals surface area contributed by atoms with Gasteiger partial charge in [0.05, 0.1) is 7.11 Å². The van der Waals surface area contributed by atoms with Crippen LogP contribution in [0, 0.1) is 5.92 Å². The van der Waals surface area contributed by atoms with E-state index in [9.17, 15) is 4.79 Å². The van der Waals surface area contributed by atoms with E-state index in [1.54, 1.807) is 7.11 Å². The highest BCUT2D eigenvalue weighted by atomic mass is 16.5. The van der Waals surface area contributed by atoms with Crippen LogP contribution in [0.1, 0.15) is 20.0 Å². The Balaban J connectivity index is 1.91. The Morgan fingerprint density at radius 2 is 1.85 bits per heavy atom. The second-order valence-corrected chi connectivity index (χ2v) is 6.64. The van der Waals surface area contributed by atoms with Crippen molar-refractivity contribution in [3.63, 3.8) is 0 Å². The molecule has 4 rings (SSSR count). The van der Waals surface area contributed by atoms with E-state index in [4.69, 9.17) is 4.74 Å². The van der Waals surface area contributed by atoms with Gasteiger partial charge in [-0.3, -0.25) is 4.79 Å². The van der Waals surface area contributed by atoms with E-state index in [0.717, 1.165) is 22.6 Å². The maximum absolute atomic E-state index is 12.7. The summed E-state index contributed by atoms with van der Waals surface area (Å²) in [6.45, 7) is 4.23. The summed E-state index contributed by atoms with van der Waals surface area (Å²) in [6, 6.07) is 15.1. The molecule has 0 bridgehead atoms. The minimum absolute atomic E-state index is 0.0787. The monoisotopic (exact) mass is 348 g/mol. The fourth-order valence-corrected chi connectivity index (χ4v) is 3.18. The van der Waals surface area contributed by atoms with Crippen LogP contribution < -0.4 is 15.6 Å². The lowest BCUT2D eigenvalue weighted by Gasteiger charge is -2.32. The predicted molar refractivity (Wildman–Crippen MR) is 101 cm³/mol. The molecule has 0 aliphatic carbocycles. The number of anilines is 1. The van der Waals surface area contributed by atoms with Crippen LogP contribution in [0.25, 0.3) is 22.6 Å². The second-order valence-electron chi connectivity index (χ2n) is 6.64. The first-order valence-electron chi connectivity index (χ1n) is 8.59. The topological polar surface area (TPSA) is 69.0 Å². The predicted octanol–water partition coefficient (Wildman–Crippen LogP) is 3.56. The molecule has 0 saturated heterocycles. The number of nitrogens with zero attached hydrogens (tertiary/aromatic N) is 3. The molecule has 1 atom stereocenters. The van der Waals surface area contributed by atoms with Crippen LogP contribution in [0.15, 0.2) is 53.3 Å². The molecular weight excluding hydrogens is 328 g/mol. The SMILES string of the molecule is COc1ccc(-c2nn3c(nc2=O)-c2ccccc2N[C@H]3C(C)C)cc1. The van der Waals surface area contributed by atoms with Crippen LogP contribution >= 0.6 is 0 Å². The number of methoxy groups -OCH3 is 1. The van der Waals surface area contributed by atoms with Gasteiger partial charge in [-0.05, 0) is 42.3 Å². The largest absolute Gasteiger partial charge is 0.497 e. The summed E-state index contributed by atoms with van der Waals surface area (Å²) in [4.78, 5) is 17.1. The molecule has 0 spiro atoms. The van der Waals surface area contributed by atoms with Gasteiger partial charge in [0.2, 0.25) is 0 Å². The molecule has 0 saturated carbocycles. The number of benzene rings is 2. The molecule has 0 amide bonds. The van der Waals surface area contributed by atoms with Crippen molar-refractivity contribution in [2.45, 2.75) is 20.0 Å².